The zero-order chi connectivity index (χ0) is 8.43. The summed E-state index contributed by atoms with van der Waals surface area (Å²) in [4.78, 5) is 11.3. The predicted molar refractivity (Wildman–Crippen MR) is 50.5 cm³/mol. The van der Waals surface area contributed by atoms with E-state index in [1.807, 2.05) is 13.8 Å². The van der Waals surface area contributed by atoms with Crippen LogP contribution in [0.1, 0.15) is 24.3 Å². The van der Waals surface area contributed by atoms with Gasteiger partial charge in [0.05, 0.1) is 3.57 Å². The quantitative estimate of drug-likeness (QED) is 0.654. The van der Waals surface area contributed by atoms with E-state index in [-0.39, 0.29) is 11.7 Å². The first kappa shape index (κ1) is 8.70. The fraction of sp³-hybridized carbons (Fsp3) is 0.429. The number of hydrogen-bond donors (Lipinski definition) is 1. The largest absolute Gasteiger partial charge is 0.292 e. The van der Waals surface area contributed by atoms with Crippen molar-refractivity contribution >= 4 is 28.4 Å². The number of halogens is 1. The molecule has 0 atom stereocenters. The lowest BCUT2D eigenvalue weighted by molar-refractivity contribution is 0.0933. The molecule has 1 aromatic rings. The van der Waals surface area contributed by atoms with Crippen LogP contribution in [0.25, 0.3) is 0 Å². The molecule has 0 saturated heterocycles. The smallest absolute Gasteiger partial charge is 0.186 e. The van der Waals surface area contributed by atoms with E-state index in [1.165, 1.54) is 0 Å². The molecule has 0 bridgehead atoms. The molecule has 0 saturated carbocycles. The Kier molecular flexibility index (Phi) is 2.64. The Bertz CT molecular complexity index is 267. The van der Waals surface area contributed by atoms with Crippen molar-refractivity contribution in [3.05, 3.63) is 15.5 Å². The average molecular weight is 264 g/mol. The second-order valence-corrected chi connectivity index (χ2v) is 3.76. The molecule has 0 fully saturated rings. The lowest BCUT2D eigenvalue weighted by Gasteiger charge is -1.98. The van der Waals surface area contributed by atoms with Gasteiger partial charge in [-0.3, -0.25) is 9.89 Å². The molecule has 1 N–H and O–H groups in total. The van der Waals surface area contributed by atoms with Crippen LogP contribution >= 0.6 is 22.6 Å². The molecule has 3 nitrogen and oxygen atoms in total. The van der Waals surface area contributed by atoms with Gasteiger partial charge in [-0.25, -0.2) is 0 Å². The van der Waals surface area contributed by atoms with Crippen LogP contribution in [0.3, 0.4) is 0 Å². The minimum absolute atomic E-state index is 0.0202. The summed E-state index contributed by atoms with van der Waals surface area (Å²) >= 11 is 2.09. The SMILES string of the molecule is CC(C)C(=O)c1n[nH]cc1I. The van der Waals surface area contributed by atoms with Gasteiger partial charge in [0.2, 0.25) is 0 Å². The Hall–Kier alpha value is -0.390. The van der Waals surface area contributed by atoms with Crippen molar-refractivity contribution in [2.75, 3.05) is 0 Å². The van der Waals surface area contributed by atoms with Gasteiger partial charge in [0.15, 0.2) is 5.78 Å². The molecule has 0 aliphatic heterocycles. The molecule has 0 unspecified atom stereocenters. The van der Waals surface area contributed by atoms with Gasteiger partial charge in [0.1, 0.15) is 5.69 Å². The molecule has 1 heterocycles. The minimum atomic E-state index is 0.0202. The highest BCUT2D eigenvalue weighted by Crippen LogP contribution is 2.12. The first-order chi connectivity index (χ1) is 5.13. The Labute approximate surface area is 78.7 Å². The highest BCUT2D eigenvalue weighted by molar-refractivity contribution is 14.1. The third kappa shape index (κ3) is 1.79. The van der Waals surface area contributed by atoms with Gasteiger partial charge in [-0.1, -0.05) is 13.8 Å². The Balaban J connectivity index is 2.93. The highest BCUT2D eigenvalue weighted by atomic mass is 127. The summed E-state index contributed by atoms with van der Waals surface area (Å²) in [6, 6.07) is 0. The van der Waals surface area contributed by atoms with Crippen molar-refractivity contribution in [1.82, 2.24) is 10.2 Å². The topological polar surface area (TPSA) is 45.8 Å². The summed E-state index contributed by atoms with van der Waals surface area (Å²) in [6.45, 7) is 3.74. The van der Waals surface area contributed by atoms with E-state index in [2.05, 4.69) is 32.8 Å². The fourth-order valence-corrected chi connectivity index (χ4v) is 1.25. The number of nitrogens with one attached hydrogen (secondary N) is 1. The van der Waals surface area contributed by atoms with Crippen molar-refractivity contribution in [2.24, 2.45) is 5.92 Å². The Morgan fingerprint density at radius 1 is 1.73 bits per heavy atom. The van der Waals surface area contributed by atoms with Crippen LogP contribution in [0.15, 0.2) is 6.20 Å². The molecule has 1 rings (SSSR count). The number of aromatic amines is 1. The van der Waals surface area contributed by atoms with E-state index in [9.17, 15) is 4.79 Å². The molecule has 0 aliphatic carbocycles. The molecule has 11 heavy (non-hydrogen) atoms. The summed E-state index contributed by atoms with van der Waals surface area (Å²) in [6.07, 6.45) is 1.72. The third-order valence-corrected chi connectivity index (χ3v) is 2.17. The fourth-order valence-electron chi connectivity index (χ4n) is 0.721. The number of carbonyl (C=O) groups is 1. The zero-order valence-corrected chi connectivity index (χ0v) is 8.55. The normalized spacial score (nSPS) is 10.5. The molecular formula is C7H9IN2O. The average Bonchev–Trinajstić information content (AvgIpc) is 2.33. The number of hydrogen-bond acceptors (Lipinski definition) is 2. The first-order valence-corrected chi connectivity index (χ1v) is 4.44. The van der Waals surface area contributed by atoms with Gasteiger partial charge in [-0.2, -0.15) is 5.10 Å². The number of rotatable bonds is 2. The minimum Gasteiger partial charge on any atom is -0.292 e. The van der Waals surface area contributed by atoms with Crippen LogP contribution in [-0.4, -0.2) is 16.0 Å². The van der Waals surface area contributed by atoms with Crippen LogP contribution < -0.4 is 0 Å². The number of carbonyl (C=O) groups excluding carboxylic acids is 1. The number of ketones is 1. The maximum absolute atomic E-state index is 11.3. The van der Waals surface area contributed by atoms with Crippen molar-refractivity contribution in [1.29, 1.82) is 0 Å². The third-order valence-electron chi connectivity index (χ3n) is 1.35. The number of aromatic nitrogens is 2. The van der Waals surface area contributed by atoms with Gasteiger partial charge in [-0.15, -0.1) is 0 Å². The molecule has 0 spiro atoms. The molecule has 1 aromatic heterocycles. The summed E-state index contributed by atoms with van der Waals surface area (Å²) in [5.74, 6) is 0.113. The standard InChI is InChI=1S/C7H9IN2O/c1-4(2)7(11)6-5(8)3-9-10-6/h3-4H,1-2H3,(H,9,10). The molecule has 60 valence electrons. The Morgan fingerprint density at radius 3 is 2.73 bits per heavy atom. The van der Waals surface area contributed by atoms with E-state index in [4.69, 9.17) is 0 Å². The monoisotopic (exact) mass is 264 g/mol. The van der Waals surface area contributed by atoms with E-state index in [0.717, 1.165) is 3.57 Å². The van der Waals surface area contributed by atoms with Crippen LogP contribution in [0.4, 0.5) is 0 Å². The van der Waals surface area contributed by atoms with Crippen molar-refractivity contribution in [3.63, 3.8) is 0 Å². The maximum Gasteiger partial charge on any atom is 0.186 e. The van der Waals surface area contributed by atoms with E-state index in [0.29, 0.717) is 5.69 Å². The number of nitrogens with zero attached hydrogens (tertiary/aromatic N) is 1. The van der Waals surface area contributed by atoms with Crippen LogP contribution in [0.2, 0.25) is 0 Å². The van der Waals surface area contributed by atoms with Crippen molar-refractivity contribution in [2.45, 2.75) is 13.8 Å². The van der Waals surface area contributed by atoms with Gasteiger partial charge in [0.25, 0.3) is 0 Å². The Morgan fingerprint density at radius 2 is 2.36 bits per heavy atom. The van der Waals surface area contributed by atoms with E-state index < -0.39 is 0 Å². The van der Waals surface area contributed by atoms with Crippen LogP contribution in [-0.2, 0) is 0 Å². The summed E-state index contributed by atoms with van der Waals surface area (Å²) in [5.41, 5.74) is 0.556. The van der Waals surface area contributed by atoms with E-state index in [1.54, 1.807) is 6.20 Å². The summed E-state index contributed by atoms with van der Waals surface area (Å²) in [7, 11) is 0. The molecule has 0 aromatic carbocycles. The molecule has 0 amide bonds. The lowest BCUT2D eigenvalue weighted by Crippen LogP contribution is -2.09. The van der Waals surface area contributed by atoms with Crippen LogP contribution in [0.5, 0.6) is 0 Å². The number of Topliss-reactive ketones (excluding diaryl/α,β-unsaturated/α-hetero) is 1. The van der Waals surface area contributed by atoms with Crippen molar-refractivity contribution < 1.29 is 4.79 Å². The number of H-pyrrole nitrogens is 1. The maximum atomic E-state index is 11.3. The molecular weight excluding hydrogens is 255 g/mol. The van der Waals surface area contributed by atoms with Gasteiger partial charge in [0, 0.05) is 12.1 Å². The van der Waals surface area contributed by atoms with Gasteiger partial charge >= 0.3 is 0 Å². The predicted octanol–water partition coefficient (Wildman–Crippen LogP) is 1.85. The second-order valence-electron chi connectivity index (χ2n) is 2.60. The zero-order valence-electron chi connectivity index (χ0n) is 6.39. The highest BCUT2D eigenvalue weighted by Gasteiger charge is 2.15. The van der Waals surface area contributed by atoms with Crippen LogP contribution in [0, 0.1) is 9.49 Å². The van der Waals surface area contributed by atoms with E-state index >= 15 is 0 Å². The molecule has 0 radical (unpaired) electrons. The molecule has 0 aliphatic rings. The van der Waals surface area contributed by atoms with Crippen molar-refractivity contribution in [3.8, 4) is 0 Å². The molecule has 4 heteroatoms. The van der Waals surface area contributed by atoms with Gasteiger partial charge in [-0.05, 0) is 22.6 Å². The van der Waals surface area contributed by atoms with Gasteiger partial charge < -0.3 is 0 Å². The first-order valence-electron chi connectivity index (χ1n) is 3.36. The lowest BCUT2D eigenvalue weighted by atomic mass is 10.1. The second kappa shape index (κ2) is 3.34. The summed E-state index contributed by atoms with van der Waals surface area (Å²) in [5, 5.41) is 6.51. The summed E-state index contributed by atoms with van der Waals surface area (Å²) < 4.78 is 0.890.